The summed E-state index contributed by atoms with van der Waals surface area (Å²) in [5, 5.41) is 8.53. The lowest BCUT2D eigenvalue weighted by Crippen LogP contribution is -2.01. The zero-order chi connectivity index (χ0) is 14.7. The second-order valence-corrected chi connectivity index (χ2v) is 5.23. The van der Waals surface area contributed by atoms with E-state index in [-0.39, 0.29) is 5.78 Å². The van der Waals surface area contributed by atoms with Gasteiger partial charge in [0.15, 0.2) is 5.78 Å². The number of allylic oxidation sites excluding steroid dienone is 1. The summed E-state index contributed by atoms with van der Waals surface area (Å²) in [4.78, 5) is 12.2. The van der Waals surface area contributed by atoms with Crippen molar-refractivity contribution < 1.29 is 4.79 Å². The van der Waals surface area contributed by atoms with Crippen molar-refractivity contribution in [2.75, 3.05) is 0 Å². The predicted octanol–water partition coefficient (Wildman–Crippen LogP) is 3.09. The molecule has 2 rings (SSSR count). The van der Waals surface area contributed by atoms with Gasteiger partial charge in [-0.25, -0.2) is 0 Å². The van der Waals surface area contributed by atoms with Crippen LogP contribution in [0.25, 0.3) is 6.08 Å². The number of rotatable bonds is 5. The van der Waals surface area contributed by atoms with Crippen LogP contribution in [-0.4, -0.2) is 25.3 Å². The van der Waals surface area contributed by atoms with E-state index in [9.17, 15) is 4.79 Å². The van der Waals surface area contributed by atoms with Crippen molar-refractivity contribution in [3.63, 3.8) is 0 Å². The van der Waals surface area contributed by atoms with Crippen LogP contribution < -0.4 is 0 Å². The first-order valence-electron chi connectivity index (χ1n) is 6.54. The molecule has 0 aromatic carbocycles. The molecule has 2 aromatic heterocycles. The fraction of sp³-hybridized carbons (Fsp3) is 0.357. The maximum atomic E-state index is 12.2. The van der Waals surface area contributed by atoms with Crippen LogP contribution in [0.2, 0.25) is 0 Å². The maximum absolute atomic E-state index is 12.2. The van der Waals surface area contributed by atoms with E-state index < -0.39 is 0 Å². The van der Waals surface area contributed by atoms with Gasteiger partial charge in [-0.1, -0.05) is 0 Å². The van der Waals surface area contributed by atoms with Gasteiger partial charge in [0, 0.05) is 25.0 Å². The summed E-state index contributed by atoms with van der Waals surface area (Å²) in [6, 6.07) is 0. The van der Waals surface area contributed by atoms with E-state index in [1.165, 1.54) is 6.08 Å². The fourth-order valence-corrected chi connectivity index (χ4v) is 2.39. The third-order valence-corrected chi connectivity index (χ3v) is 3.74. The van der Waals surface area contributed by atoms with Crippen LogP contribution >= 0.6 is 15.9 Å². The van der Waals surface area contributed by atoms with Crippen LogP contribution in [0.5, 0.6) is 0 Å². The summed E-state index contributed by atoms with van der Waals surface area (Å²) in [7, 11) is 0. The molecule has 2 heterocycles. The van der Waals surface area contributed by atoms with Crippen molar-refractivity contribution in [2.45, 2.75) is 33.9 Å². The minimum absolute atomic E-state index is 0.0554. The Morgan fingerprint density at radius 2 is 2.15 bits per heavy atom. The normalized spacial score (nSPS) is 11.4. The van der Waals surface area contributed by atoms with Crippen LogP contribution in [0.3, 0.4) is 0 Å². The van der Waals surface area contributed by atoms with Crippen LogP contribution in [0.4, 0.5) is 0 Å². The number of nitrogens with zero attached hydrogens (tertiary/aromatic N) is 4. The van der Waals surface area contributed by atoms with Gasteiger partial charge in [-0.3, -0.25) is 14.2 Å². The van der Waals surface area contributed by atoms with E-state index in [2.05, 4.69) is 26.1 Å². The molecule has 106 valence electrons. The van der Waals surface area contributed by atoms with Crippen LogP contribution in [0.1, 0.15) is 35.6 Å². The predicted molar refractivity (Wildman–Crippen MR) is 81.6 cm³/mol. The Hall–Kier alpha value is -1.69. The number of hydrogen-bond acceptors (Lipinski definition) is 3. The molecule has 0 unspecified atom stereocenters. The van der Waals surface area contributed by atoms with Gasteiger partial charge >= 0.3 is 0 Å². The SMILES string of the molecule is CCn1cc(Br)c(/C=C/C(=O)c2cnn(CC)c2C)n1. The quantitative estimate of drug-likeness (QED) is 0.622. The molecule has 0 saturated heterocycles. The molecule has 0 amide bonds. The summed E-state index contributed by atoms with van der Waals surface area (Å²) in [5.74, 6) is -0.0554. The van der Waals surface area contributed by atoms with Crippen molar-refractivity contribution in [1.82, 2.24) is 19.6 Å². The Kier molecular flexibility index (Phi) is 4.54. The summed E-state index contributed by atoms with van der Waals surface area (Å²) < 4.78 is 4.50. The fourth-order valence-electron chi connectivity index (χ4n) is 1.94. The van der Waals surface area contributed by atoms with Gasteiger partial charge in [0.2, 0.25) is 0 Å². The number of aromatic nitrogens is 4. The molecule has 0 aliphatic heterocycles. The molecule has 0 aliphatic rings. The number of carbonyl (C=O) groups excluding carboxylic acids is 1. The first kappa shape index (κ1) is 14.7. The van der Waals surface area contributed by atoms with E-state index in [0.717, 1.165) is 29.0 Å². The van der Waals surface area contributed by atoms with Gasteiger partial charge in [0.1, 0.15) is 0 Å². The Labute approximate surface area is 126 Å². The number of halogens is 1. The smallest absolute Gasteiger partial charge is 0.189 e. The van der Waals surface area contributed by atoms with Crippen LogP contribution in [-0.2, 0) is 13.1 Å². The van der Waals surface area contributed by atoms with E-state index in [0.29, 0.717) is 5.56 Å². The van der Waals surface area contributed by atoms with Crippen molar-refractivity contribution >= 4 is 27.8 Å². The molecule has 0 N–H and O–H groups in total. The monoisotopic (exact) mass is 336 g/mol. The molecule has 0 fully saturated rings. The minimum Gasteiger partial charge on any atom is -0.289 e. The minimum atomic E-state index is -0.0554. The molecule has 6 heteroatoms. The molecule has 0 saturated carbocycles. The van der Waals surface area contributed by atoms with Crippen LogP contribution in [0, 0.1) is 6.92 Å². The van der Waals surface area contributed by atoms with Gasteiger partial charge < -0.3 is 0 Å². The molecule has 0 spiro atoms. The maximum Gasteiger partial charge on any atom is 0.189 e. The first-order chi connectivity index (χ1) is 9.56. The second-order valence-electron chi connectivity index (χ2n) is 4.37. The van der Waals surface area contributed by atoms with Crippen molar-refractivity contribution in [1.29, 1.82) is 0 Å². The highest BCUT2D eigenvalue weighted by Gasteiger charge is 2.11. The lowest BCUT2D eigenvalue weighted by Gasteiger charge is -1.99. The number of ketones is 1. The molecular weight excluding hydrogens is 320 g/mol. The lowest BCUT2D eigenvalue weighted by molar-refractivity contribution is 0.104. The molecule has 2 aromatic rings. The van der Waals surface area contributed by atoms with Crippen LogP contribution in [0.15, 0.2) is 22.9 Å². The van der Waals surface area contributed by atoms with Gasteiger partial charge in [0.05, 0.1) is 21.9 Å². The largest absolute Gasteiger partial charge is 0.289 e. The molecular formula is C14H17BrN4O. The lowest BCUT2D eigenvalue weighted by atomic mass is 10.1. The highest BCUT2D eigenvalue weighted by Crippen LogP contribution is 2.17. The highest BCUT2D eigenvalue weighted by molar-refractivity contribution is 9.10. The summed E-state index contributed by atoms with van der Waals surface area (Å²) in [6.07, 6.45) is 6.77. The molecule has 0 atom stereocenters. The summed E-state index contributed by atoms with van der Waals surface area (Å²) >= 11 is 3.43. The molecule has 0 radical (unpaired) electrons. The highest BCUT2D eigenvalue weighted by atomic mass is 79.9. The summed E-state index contributed by atoms with van der Waals surface area (Å²) in [6.45, 7) is 7.47. The summed E-state index contributed by atoms with van der Waals surface area (Å²) in [5.41, 5.74) is 2.27. The second kappa shape index (κ2) is 6.17. The average molecular weight is 337 g/mol. The number of carbonyl (C=O) groups is 1. The zero-order valence-electron chi connectivity index (χ0n) is 11.8. The Bertz CT molecular complexity index is 654. The van der Waals surface area contributed by atoms with E-state index in [4.69, 9.17) is 0 Å². The van der Waals surface area contributed by atoms with Gasteiger partial charge in [-0.2, -0.15) is 10.2 Å². The zero-order valence-corrected chi connectivity index (χ0v) is 13.4. The first-order valence-corrected chi connectivity index (χ1v) is 7.33. The molecule has 20 heavy (non-hydrogen) atoms. The van der Waals surface area contributed by atoms with E-state index in [1.54, 1.807) is 12.3 Å². The standard InChI is InChI=1S/C14H17BrN4O/c1-4-18-9-12(15)13(17-18)6-7-14(20)11-8-16-19(5-2)10(11)3/h6-9H,4-5H2,1-3H3/b7-6+. The van der Waals surface area contributed by atoms with Gasteiger partial charge in [-0.15, -0.1) is 0 Å². The van der Waals surface area contributed by atoms with Crippen molar-refractivity contribution in [2.24, 2.45) is 0 Å². The molecule has 0 aliphatic carbocycles. The number of aryl methyl sites for hydroxylation is 2. The topological polar surface area (TPSA) is 52.7 Å². The Morgan fingerprint density at radius 3 is 2.70 bits per heavy atom. The van der Waals surface area contributed by atoms with Crippen molar-refractivity contribution in [3.05, 3.63) is 39.9 Å². The van der Waals surface area contributed by atoms with E-state index in [1.807, 2.05) is 36.3 Å². The molecule has 5 nitrogen and oxygen atoms in total. The van der Waals surface area contributed by atoms with Gasteiger partial charge in [-0.05, 0) is 48.9 Å². The average Bonchev–Trinajstić information content (AvgIpc) is 2.99. The number of hydrogen-bond donors (Lipinski definition) is 0. The third kappa shape index (κ3) is 2.90. The van der Waals surface area contributed by atoms with E-state index >= 15 is 0 Å². The van der Waals surface area contributed by atoms with Crippen molar-refractivity contribution in [3.8, 4) is 0 Å². The Balaban J connectivity index is 2.20. The molecule has 0 bridgehead atoms. The van der Waals surface area contributed by atoms with Gasteiger partial charge in [0.25, 0.3) is 0 Å². The Morgan fingerprint density at radius 1 is 1.40 bits per heavy atom. The third-order valence-electron chi connectivity index (χ3n) is 3.13.